The van der Waals surface area contributed by atoms with Gasteiger partial charge in [0.15, 0.2) is 5.84 Å². The summed E-state index contributed by atoms with van der Waals surface area (Å²) in [5, 5.41) is 7.38. The predicted octanol–water partition coefficient (Wildman–Crippen LogP) is 16.5. The van der Waals surface area contributed by atoms with E-state index in [1.54, 1.807) is 0 Å². The molecule has 0 saturated heterocycles. The molecule has 1 heterocycles. The Labute approximate surface area is 373 Å². The lowest BCUT2D eigenvalue weighted by Crippen LogP contribution is -2.10. The SMILES string of the molecule is C=C/C(=C\C=C/C)C(C)N=C(N=C(C)c1cc(-n2c3ccccc3c3cc(-c4c(C(C)CC)ccc5ccccc45)c(C)cc32)c2ccccc2c1)c1ccc(/C=C\C=C/C)cc1. The Morgan fingerprint density at radius 1 is 0.683 bits per heavy atom. The van der Waals surface area contributed by atoms with Crippen molar-refractivity contribution in [2.24, 2.45) is 9.98 Å². The number of hydrogen-bond donors (Lipinski definition) is 0. The first-order valence-corrected chi connectivity index (χ1v) is 22.3. The van der Waals surface area contributed by atoms with Gasteiger partial charge in [-0.15, -0.1) is 0 Å². The van der Waals surface area contributed by atoms with Crippen molar-refractivity contribution < 1.29 is 0 Å². The average Bonchev–Trinajstić information content (AvgIpc) is 3.63. The molecule has 0 N–H and O–H groups in total. The van der Waals surface area contributed by atoms with Crippen LogP contribution in [0.5, 0.6) is 0 Å². The molecule has 0 saturated carbocycles. The molecular formula is C60H57N3. The van der Waals surface area contributed by atoms with E-state index in [-0.39, 0.29) is 6.04 Å². The van der Waals surface area contributed by atoms with Crippen LogP contribution >= 0.6 is 0 Å². The number of aromatic nitrogens is 1. The van der Waals surface area contributed by atoms with Gasteiger partial charge in [0.2, 0.25) is 0 Å². The molecule has 3 nitrogen and oxygen atoms in total. The third-order valence-electron chi connectivity index (χ3n) is 12.4. The summed E-state index contributed by atoms with van der Waals surface area (Å²) in [4.78, 5) is 10.6. The molecule has 8 aromatic rings. The number of aliphatic imine (C=N–C) groups is 2. The summed E-state index contributed by atoms with van der Waals surface area (Å²) in [6.45, 7) is 19.3. The van der Waals surface area contributed by atoms with Gasteiger partial charge in [-0.25, -0.2) is 4.99 Å². The van der Waals surface area contributed by atoms with Gasteiger partial charge in [0.1, 0.15) is 0 Å². The largest absolute Gasteiger partial charge is 0.309 e. The number of amidine groups is 1. The molecule has 0 fully saturated rings. The molecule has 0 bridgehead atoms. The molecule has 312 valence electrons. The minimum Gasteiger partial charge on any atom is -0.309 e. The van der Waals surface area contributed by atoms with Gasteiger partial charge >= 0.3 is 0 Å². The van der Waals surface area contributed by atoms with Crippen LogP contribution in [0.2, 0.25) is 0 Å². The number of fused-ring (bicyclic) bond motifs is 5. The van der Waals surface area contributed by atoms with Crippen LogP contribution in [0.15, 0.2) is 198 Å². The fourth-order valence-corrected chi connectivity index (χ4v) is 8.81. The Balaban J connectivity index is 1.33. The van der Waals surface area contributed by atoms with Crippen molar-refractivity contribution in [3.63, 3.8) is 0 Å². The van der Waals surface area contributed by atoms with Crippen molar-refractivity contribution >= 4 is 61.0 Å². The molecule has 0 radical (unpaired) electrons. The number of rotatable bonds is 12. The standard InChI is InChI=1S/C60H57N3/c1-9-13-15-22-44-30-32-47(33-31-44)60(61-42(7)45(12-4)23-14-10-2)62-43(8)49-37-48-25-17-18-26-51(48)58(38-49)63-56-29-21-20-28-53(56)55-39-54(41(6)36-57(55)63)59-50(40(5)11-3)35-34-46-24-16-19-27-52(46)59/h9-10,12-40,42H,4,11H2,1-3,5-8H3/b13-9-,14-10-,22-15-,45-23+,61-60?,62-43?. The van der Waals surface area contributed by atoms with Gasteiger partial charge in [-0.1, -0.05) is 172 Å². The molecule has 3 heteroatoms. The van der Waals surface area contributed by atoms with Crippen molar-refractivity contribution in [1.82, 2.24) is 4.57 Å². The maximum Gasteiger partial charge on any atom is 0.155 e. The Kier molecular flexibility index (Phi) is 12.8. The summed E-state index contributed by atoms with van der Waals surface area (Å²) in [7, 11) is 0. The number of aryl methyl sites for hydroxylation is 1. The molecule has 0 aliphatic rings. The molecule has 63 heavy (non-hydrogen) atoms. The maximum absolute atomic E-state index is 5.38. The summed E-state index contributed by atoms with van der Waals surface area (Å²) in [5.41, 5.74) is 13.8. The Hall–Kier alpha value is -7.10. The van der Waals surface area contributed by atoms with Gasteiger partial charge in [0.25, 0.3) is 0 Å². The van der Waals surface area contributed by atoms with Crippen molar-refractivity contribution in [3.05, 3.63) is 216 Å². The first kappa shape index (κ1) is 42.6. The van der Waals surface area contributed by atoms with Crippen LogP contribution in [0, 0.1) is 6.92 Å². The van der Waals surface area contributed by atoms with Gasteiger partial charge in [0.05, 0.1) is 22.8 Å². The van der Waals surface area contributed by atoms with E-state index in [9.17, 15) is 0 Å². The lowest BCUT2D eigenvalue weighted by molar-refractivity contribution is 0.736. The van der Waals surface area contributed by atoms with E-state index in [4.69, 9.17) is 9.98 Å². The highest BCUT2D eigenvalue weighted by atomic mass is 15.0. The number of allylic oxidation sites excluding steroid dienone is 6. The highest BCUT2D eigenvalue weighted by Gasteiger charge is 2.21. The second-order valence-electron chi connectivity index (χ2n) is 16.5. The van der Waals surface area contributed by atoms with Crippen LogP contribution in [-0.2, 0) is 0 Å². The van der Waals surface area contributed by atoms with E-state index in [0.29, 0.717) is 11.8 Å². The predicted molar refractivity (Wildman–Crippen MR) is 276 cm³/mol. The third kappa shape index (κ3) is 8.57. The minimum atomic E-state index is -0.160. The minimum absolute atomic E-state index is 0.160. The molecule has 1 aromatic heterocycles. The highest BCUT2D eigenvalue weighted by Crippen LogP contribution is 2.43. The lowest BCUT2D eigenvalue weighted by atomic mass is 9.84. The van der Waals surface area contributed by atoms with Gasteiger partial charge < -0.3 is 4.57 Å². The third-order valence-corrected chi connectivity index (χ3v) is 12.4. The highest BCUT2D eigenvalue weighted by molar-refractivity contribution is 6.16. The van der Waals surface area contributed by atoms with Gasteiger partial charge in [0, 0.05) is 27.4 Å². The van der Waals surface area contributed by atoms with Gasteiger partial charge in [-0.2, -0.15) is 0 Å². The van der Waals surface area contributed by atoms with Crippen LogP contribution in [0.25, 0.3) is 66.2 Å². The average molecular weight is 820 g/mol. The van der Waals surface area contributed by atoms with Crippen LogP contribution in [-0.4, -0.2) is 22.2 Å². The Morgan fingerprint density at radius 2 is 1.38 bits per heavy atom. The molecule has 8 rings (SSSR count). The molecular weight excluding hydrogens is 763 g/mol. The Bertz CT molecular complexity index is 3180. The zero-order chi connectivity index (χ0) is 44.0. The summed E-state index contributed by atoms with van der Waals surface area (Å²) < 4.78 is 2.47. The zero-order valence-electron chi connectivity index (χ0n) is 37.7. The van der Waals surface area contributed by atoms with E-state index >= 15 is 0 Å². The smallest absolute Gasteiger partial charge is 0.155 e. The number of nitrogens with zero attached hydrogens (tertiary/aromatic N) is 3. The summed E-state index contributed by atoms with van der Waals surface area (Å²) in [5.74, 6) is 1.11. The summed E-state index contributed by atoms with van der Waals surface area (Å²) in [6.07, 6.45) is 17.3. The van der Waals surface area contributed by atoms with E-state index in [1.807, 2.05) is 44.2 Å². The van der Waals surface area contributed by atoms with E-state index in [0.717, 1.165) is 45.5 Å². The second kappa shape index (κ2) is 18.9. The van der Waals surface area contributed by atoms with Crippen LogP contribution in [0.3, 0.4) is 0 Å². The summed E-state index contributed by atoms with van der Waals surface area (Å²) in [6, 6.07) is 48.9. The number of hydrogen-bond acceptors (Lipinski definition) is 1. The number of benzene rings is 7. The van der Waals surface area contributed by atoms with E-state index in [2.05, 4.69) is 197 Å². The molecule has 2 atom stereocenters. The lowest BCUT2D eigenvalue weighted by Gasteiger charge is -2.20. The fourth-order valence-electron chi connectivity index (χ4n) is 8.81. The fraction of sp³-hybridized carbons (Fsp3) is 0.167. The molecule has 7 aromatic carbocycles. The number of para-hydroxylation sites is 1. The Morgan fingerprint density at radius 3 is 2.11 bits per heavy atom. The van der Waals surface area contributed by atoms with E-state index < -0.39 is 0 Å². The first-order valence-electron chi connectivity index (χ1n) is 22.3. The van der Waals surface area contributed by atoms with Crippen molar-refractivity contribution in [1.29, 1.82) is 0 Å². The normalized spacial score (nSPS) is 14.0. The topological polar surface area (TPSA) is 29.6 Å². The van der Waals surface area contributed by atoms with Gasteiger partial charge in [-0.05, 0) is 132 Å². The zero-order valence-corrected chi connectivity index (χ0v) is 37.7. The molecule has 0 amide bonds. The first-order chi connectivity index (χ1) is 30.7. The van der Waals surface area contributed by atoms with E-state index in [1.165, 1.54) is 60.2 Å². The molecule has 0 aliphatic carbocycles. The monoisotopic (exact) mass is 819 g/mol. The van der Waals surface area contributed by atoms with Crippen molar-refractivity contribution in [2.45, 2.75) is 66.8 Å². The van der Waals surface area contributed by atoms with Crippen molar-refractivity contribution in [3.8, 4) is 16.8 Å². The molecule has 0 spiro atoms. The quantitative estimate of drug-likeness (QED) is 0.0668. The van der Waals surface area contributed by atoms with Crippen molar-refractivity contribution in [2.75, 3.05) is 0 Å². The van der Waals surface area contributed by atoms with Crippen LogP contribution in [0.4, 0.5) is 0 Å². The summed E-state index contributed by atoms with van der Waals surface area (Å²) >= 11 is 0. The maximum atomic E-state index is 5.38. The molecule has 0 aliphatic heterocycles. The van der Waals surface area contributed by atoms with Crippen LogP contribution < -0.4 is 0 Å². The second-order valence-corrected chi connectivity index (χ2v) is 16.5. The van der Waals surface area contributed by atoms with Crippen LogP contribution in [0.1, 0.15) is 81.7 Å². The van der Waals surface area contributed by atoms with Gasteiger partial charge in [-0.3, -0.25) is 4.99 Å². The molecule has 2 unspecified atom stereocenters.